The number of benzene rings is 2. The van der Waals surface area contributed by atoms with Crippen LogP contribution < -0.4 is 4.74 Å². The van der Waals surface area contributed by atoms with Gasteiger partial charge in [0.2, 0.25) is 5.78 Å². The Morgan fingerprint density at radius 3 is 2.16 bits per heavy atom. The summed E-state index contributed by atoms with van der Waals surface area (Å²) in [6.45, 7) is 0. The van der Waals surface area contributed by atoms with Crippen LogP contribution in [0.15, 0.2) is 59.8 Å². The SMILES string of the molecule is COc1ccc(C(=O)/C(=N\O)c2ccccc2)cc1. The zero-order valence-electron chi connectivity index (χ0n) is 10.4. The van der Waals surface area contributed by atoms with E-state index in [1.165, 1.54) is 0 Å². The van der Waals surface area contributed by atoms with Crippen molar-refractivity contribution < 1.29 is 14.7 Å². The monoisotopic (exact) mass is 255 g/mol. The van der Waals surface area contributed by atoms with E-state index in [-0.39, 0.29) is 11.5 Å². The molecule has 1 N–H and O–H groups in total. The summed E-state index contributed by atoms with van der Waals surface area (Å²) in [6, 6.07) is 15.5. The van der Waals surface area contributed by atoms with Crippen molar-refractivity contribution in [3.63, 3.8) is 0 Å². The van der Waals surface area contributed by atoms with Crippen molar-refractivity contribution in [2.75, 3.05) is 7.11 Å². The minimum absolute atomic E-state index is 0.0192. The zero-order valence-corrected chi connectivity index (χ0v) is 10.4. The number of carbonyl (C=O) groups is 1. The molecule has 4 heteroatoms. The Morgan fingerprint density at radius 2 is 1.63 bits per heavy atom. The van der Waals surface area contributed by atoms with Gasteiger partial charge in [0, 0.05) is 11.1 Å². The third-order valence-corrected chi connectivity index (χ3v) is 2.71. The summed E-state index contributed by atoms with van der Waals surface area (Å²) in [5, 5.41) is 12.2. The Kier molecular flexibility index (Phi) is 3.93. The van der Waals surface area contributed by atoms with Crippen LogP contribution in [0, 0.1) is 0 Å². The van der Waals surface area contributed by atoms with E-state index in [0.29, 0.717) is 16.9 Å². The molecule has 2 rings (SSSR count). The molecule has 0 unspecified atom stereocenters. The standard InChI is InChI=1S/C15H13NO3/c1-19-13-9-7-12(8-10-13)15(17)14(16-18)11-5-3-2-4-6-11/h2-10,18H,1H3/b16-14-. The van der Waals surface area contributed by atoms with Gasteiger partial charge in [-0.2, -0.15) is 0 Å². The number of hydrogen-bond donors (Lipinski definition) is 1. The Morgan fingerprint density at radius 1 is 1.00 bits per heavy atom. The molecular formula is C15H13NO3. The van der Waals surface area contributed by atoms with Gasteiger partial charge in [-0.15, -0.1) is 0 Å². The quantitative estimate of drug-likeness (QED) is 0.395. The first-order valence-electron chi connectivity index (χ1n) is 5.72. The van der Waals surface area contributed by atoms with Crippen LogP contribution >= 0.6 is 0 Å². The molecule has 0 atom stereocenters. The Labute approximate surface area is 111 Å². The van der Waals surface area contributed by atoms with Gasteiger partial charge in [0.25, 0.3) is 0 Å². The zero-order chi connectivity index (χ0) is 13.7. The summed E-state index contributed by atoms with van der Waals surface area (Å²) in [5.41, 5.74) is 1.04. The van der Waals surface area contributed by atoms with Gasteiger partial charge in [-0.1, -0.05) is 35.5 Å². The minimum atomic E-state index is -0.337. The molecule has 0 bridgehead atoms. The van der Waals surface area contributed by atoms with Gasteiger partial charge in [0.15, 0.2) is 5.71 Å². The number of Topliss-reactive ketones (excluding diaryl/α,β-unsaturated/α-hetero) is 1. The Hall–Kier alpha value is -2.62. The van der Waals surface area contributed by atoms with Crippen LogP contribution in [0.1, 0.15) is 15.9 Å². The van der Waals surface area contributed by atoms with Gasteiger partial charge in [-0.05, 0) is 24.3 Å². The van der Waals surface area contributed by atoms with Crippen LogP contribution in [0.2, 0.25) is 0 Å². The fourth-order valence-corrected chi connectivity index (χ4v) is 1.71. The molecule has 0 spiro atoms. The van der Waals surface area contributed by atoms with E-state index in [9.17, 15) is 4.79 Å². The molecule has 0 aliphatic rings. The third-order valence-electron chi connectivity index (χ3n) is 2.71. The second-order valence-corrected chi connectivity index (χ2v) is 3.87. The highest BCUT2D eigenvalue weighted by atomic mass is 16.5. The predicted octanol–water partition coefficient (Wildman–Crippen LogP) is 2.76. The lowest BCUT2D eigenvalue weighted by molar-refractivity contribution is 0.106. The largest absolute Gasteiger partial charge is 0.497 e. The first-order valence-corrected chi connectivity index (χ1v) is 5.72. The number of nitrogens with zero attached hydrogens (tertiary/aromatic N) is 1. The van der Waals surface area contributed by atoms with Crippen molar-refractivity contribution in [2.45, 2.75) is 0 Å². The molecule has 96 valence electrons. The molecule has 2 aromatic carbocycles. The molecule has 0 radical (unpaired) electrons. The van der Waals surface area contributed by atoms with Gasteiger partial charge >= 0.3 is 0 Å². The maximum absolute atomic E-state index is 12.2. The van der Waals surface area contributed by atoms with Crippen molar-refractivity contribution in [2.24, 2.45) is 5.16 Å². The molecular weight excluding hydrogens is 242 g/mol. The van der Waals surface area contributed by atoms with E-state index >= 15 is 0 Å². The highest BCUT2D eigenvalue weighted by Gasteiger charge is 2.16. The summed E-state index contributed by atoms with van der Waals surface area (Å²) < 4.78 is 5.03. The Bertz CT molecular complexity index is 589. The summed E-state index contributed by atoms with van der Waals surface area (Å²) in [4.78, 5) is 12.2. The van der Waals surface area contributed by atoms with Gasteiger partial charge in [0.1, 0.15) is 5.75 Å². The van der Waals surface area contributed by atoms with Gasteiger partial charge in [0.05, 0.1) is 7.11 Å². The van der Waals surface area contributed by atoms with Crippen molar-refractivity contribution in [3.8, 4) is 5.75 Å². The van der Waals surface area contributed by atoms with Crippen LogP contribution in [0.4, 0.5) is 0 Å². The molecule has 0 fully saturated rings. The summed E-state index contributed by atoms with van der Waals surface area (Å²) in [6.07, 6.45) is 0. The molecule has 2 aromatic rings. The Balaban J connectivity index is 2.31. The van der Waals surface area contributed by atoms with Crippen LogP contribution in [0.25, 0.3) is 0 Å². The van der Waals surface area contributed by atoms with Crippen LogP contribution in [0.5, 0.6) is 5.75 Å². The molecule has 0 saturated carbocycles. The molecule has 0 aliphatic heterocycles. The van der Waals surface area contributed by atoms with Crippen LogP contribution in [-0.4, -0.2) is 23.8 Å². The van der Waals surface area contributed by atoms with Crippen molar-refractivity contribution in [3.05, 3.63) is 65.7 Å². The normalized spacial score (nSPS) is 11.1. The fourth-order valence-electron chi connectivity index (χ4n) is 1.71. The van der Waals surface area contributed by atoms with E-state index in [0.717, 1.165) is 0 Å². The van der Waals surface area contributed by atoms with E-state index in [1.807, 2.05) is 6.07 Å². The fraction of sp³-hybridized carbons (Fsp3) is 0.0667. The maximum Gasteiger partial charge on any atom is 0.215 e. The van der Waals surface area contributed by atoms with Crippen molar-refractivity contribution in [1.82, 2.24) is 0 Å². The first kappa shape index (κ1) is 12.8. The van der Waals surface area contributed by atoms with E-state index in [4.69, 9.17) is 9.94 Å². The lowest BCUT2D eigenvalue weighted by Crippen LogP contribution is -2.15. The van der Waals surface area contributed by atoms with E-state index in [2.05, 4.69) is 5.16 Å². The summed E-state index contributed by atoms with van der Waals surface area (Å²) >= 11 is 0. The number of rotatable bonds is 4. The van der Waals surface area contributed by atoms with Gasteiger partial charge in [-0.3, -0.25) is 4.79 Å². The molecule has 0 heterocycles. The molecule has 0 aromatic heterocycles. The lowest BCUT2D eigenvalue weighted by Gasteiger charge is -2.05. The topological polar surface area (TPSA) is 58.9 Å². The number of ether oxygens (including phenoxy) is 1. The summed E-state index contributed by atoms with van der Waals surface area (Å²) in [5.74, 6) is 0.329. The molecule has 0 amide bonds. The molecule has 0 saturated heterocycles. The highest BCUT2D eigenvalue weighted by molar-refractivity contribution is 6.51. The second-order valence-electron chi connectivity index (χ2n) is 3.87. The minimum Gasteiger partial charge on any atom is -0.497 e. The number of ketones is 1. The number of methoxy groups -OCH3 is 1. The number of carbonyl (C=O) groups excluding carboxylic acids is 1. The van der Waals surface area contributed by atoms with Crippen molar-refractivity contribution >= 4 is 11.5 Å². The maximum atomic E-state index is 12.2. The highest BCUT2D eigenvalue weighted by Crippen LogP contribution is 2.14. The molecule has 0 aliphatic carbocycles. The molecule has 19 heavy (non-hydrogen) atoms. The average molecular weight is 255 g/mol. The van der Waals surface area contributed by atoms with Crippen LogP contribution in [-0.2, 0) is 0 Å². The predicted molar refractivity (Wildman–Crippen MR) is 72.1 cm³/mol. The lowest BCUT2D eigenvalue weighted by atomic mass is 10.0. The van der Waals surface area contributed by atoms with Crippen molar-refractivity contribution in [1.29, 1.82) is 0 Å². The van der Waals surface area contributed by atoms with E-state index in [1.54, 1.807) is 55.6 Å². The average Bonchev–Trinajstić information content (AvgIpc) is 2.49. The third kappa shape index (κ3) is 2.80. The van der Waals surface area contributed by atoms with E-state index < -0.39 is 0 Å². The summed E-state index contributed by atoms with van der Waals surface area (Å²) in [7, 11) is 1.56. The number of oxime groups is 1. The first-order chi connectivity index (χ1) is 9.26. The second kappa shape index (κ2) is 5.82. The van der Waals surface area contributed by atoms with Gasteiger partial charge < -0.3 is 9.94 Å². The molecule has 4 nitrogen and oxygen atoms in total. The smallest absolute Gasteiger partial charge is 0.215 e. The van der Waals surface area contributed by atoms with Crippen LogP contribution in [0.3, 0.4) is 0 Å². The number of hydrogen-bond acceptors (Lipinski definition) is 4. The van der Waals surface area contributed by atoms with Gasteiger partial charge in [-0.25, -0.2) is 0 Å².